The number of aliphatic hydroxyl groups excluding tert-OH is 1. The molecular formula is C9H20O3S. The van der Waals surface area contributed by atoms with Gasteiger partial charge in [0.1, 0.15) is 0 Å². The van der Waals surface area contributed by atoms with Crippen molar-refractivity contribution in [1.82, 2.24) is 0 Å². The highest BCUT2D eigenvalue weighted by Gasteiger charge is 2.19. The van der Waals surface area contributed by atoms with E-state index in [-0.39, 0.29) is 11.7 Å². The van der Waals surface area contributed by atoms with Gasteiger partial charge in [-0.1, -0.05) is 20.3 Å². The maximum absolute atomic E-state index is 10.6. The highest BCUT2D eigenvalue weighted by Crippen LogP contribution is 2.19. The van der Waals surface area contributed by atoms with Gasteiger partial charge in [-0.2, -0.15) is 0 Å². The number of aliphatic hydroxyl groups is 1. The molecule has 0 fully saturated rings. The van der Waals surface area contributed by atoms with E-state index in [9.17, 15) is 9.32 Å². The molecule has 0 aliphatic heterocycles. The quantitative estimate of drug-likeness (QED) is 0.652. The Morgan fingerprint density at radius 1 is 1.38 bits per heavy atom. The van der Waals surface area contributed by atoms with E-state index in [4.69, 9.17) is 4.55 Å². The largest absolute Gasteiger partial charge is 0.393 e. The van der Waals surface area contributed by atoms with Crippen LogP contribution in [0.25, 0.3) is 0 Å². The monoisotopic (exact) mass is 208 g/mol. The van der Waals surface area contributed by atoms with Crippen molar-refractivity contribution in [1.29, 1.82) is 0 Å². The molecule has 4 atom stereocenters. The Hall–Kier alpha value is 0.0700. The molecule has 0 saturated carbocycles. The van der Waals surface area contributed by atoms with Crippen LogP contribution in [-0.2, 0) is 11.1 Å². The van der Waals surface area contributed by atoms with Crippen molar-refractivity contribution in [3.8, 4) is 0 Å². The number of rotatable bonds is 6. The summed E-state index contributed by atoms with van der Waals surface area (Å²) in [4.78, 5) is 0. The van der Waals surface area contributed by atoms with Gasteiger partial charge in [-0.05, 0) is 25.2 Å². The van der Waals surface area contributed by atoms with Gasteiger partial charge < -0.3 is 9.66 Å². The van der Waals surface area contributed by atoms with Gasteiger partial charge in [0.15, 0.2) is 11.1 Å². The van der Waals surface area contributed by atoms with Crippen LogP contribution in [0.15, 0.2) is 0 Å². The van der Waals surface area contributed by atoms with Crippen molar-refractivity contribution >= 4 is 11.1 Å². The van der Waals surface area contributed by atoms with Crippen molar-refractivity contribution in [2.45, 2.75) is 39.7 Å². The van der Waals surface area contributed by atoms with Crippen LogP contribution in [0.4, 0.5) is 0 Å². The van der Waals surface area contributed by atoms with Gasteiger partial charge in [-0.15, -0.1) is 0 Å². The maximum atomic E-state index is 10.6. The van der Waals surface area contributed by atoms with Gasteiger partial charge >= 0.3 is 0 Å². The predicted molar refractivity (Wildman–Crippen MR) is 54.9 cm³/mol. The van der Waals surface area contributed by atoms with Gasteiger partial charge in [-0.25, -0.2) is 4.21 Å². The lowest BCUT2D eigenvalue weighted by molar-refractivity contribution is 0.121. The van der Waals surface area contributed by atoms with Gasteiger partial charge in [0, 0.05) is 0 Å². The average molecular weight is 208 g/mol. The molecule has 2 N–H and O–H groups in total. The summed E-state index contributed by atoms with van der Waals surface area (Å²) in [6.45, 7) is 5.86. The van der Waals surface area contributed by atoms with Crippen LogP contribution in [0, 0.1) is 11.8 Å². The molecule has 3 nitrogen and oxygen atoms in total. The molecule has 0 amide bonds. The summed E-state index contributed by atoms with van der Waals surface area (Å²) < 4.78 is 19.3. The Morgan fingerprint density at radius 3 is 2.23 bits per heavy atom. The zero-order valence-electron chi connectivity index (χ0n) is 8.56. The van der Waals surface area contributed by atoms with E-state index in [1.54, 1.807) is 6.92 Å². The van der Waals surface area contributed by atoms with Crippen LogP contribution >= 0.6 is 0 Å². The number of hydrogen-bond donors (Lipinski definition) is 2. The highest BCUT2D eigenvalue weighted by molar-refractivity contribution is 7.79. The molecule has 0 rings (SSSR count). The van der Waals surface area contributed by atoms with Crippen molar-refractivity contribution in [3.05, 3.63) is 0 Å². The molecular weight excluding hydrogens is 188 g/mol. The Balaban J connectivity index is 4.02. The maximum Gasteiger partial charge on any atom is 0.153 e. The molecule has 0 aliphatic rings. The molecule has 0 saturated heterocycles. The normalized spacial score (nSPS) is 20.7. The van der Waals surface area contributed by atoms with Crippen LogP contribution in [0.3, 0.4) is 0 Å². The fourth-order valence-corrected chi connectivity index (χ4v) is 2.05. The fraction of sp³-hybridized carbons (Fsp3) is 1.00. The molecule has 0 aromatic heterocycles. The fourth-order valence-electron chi connectivity index (χ4n) is 1.27. The third-order valence-electron chi connectivity index (χ3n) is 2.44. The van der Waals surface area contributed by atoms with E-state index in [1.807, 2.05) is 0 Å². The summed E-state index contributed by atoms with van der Waals surface area (Å²) in [6.07, 6.45) is 1.37. The summed E-state index contributed by atoms with van der Waals surface area (Å²) in [5, 5.41) is 9.36. The molecule has 0 aromatic carbocycles. The first-order valence-electron chi connectivity index (χ1n) is 4.72. The zero-order valence-corrected chi connectivity index (χ0v) is 9.38. The second-order valence-corrected chi connectivity index (χ2v) is 4.71. The van der Waals surface area contributed by atoms with E-state index in [2.05, 4.69) is 13.8 Å². The van der Waals surface area contributed by atoms with Crippen molar-refractivity contribution in [3.63, 3.8) is 0 Å². The zero-order chi connectivity index (χ0) is 10.4. The summed E-state index contributed by atoms with van der Waals surface area (Å²) in [5.74, 6) is 0.631. The lowest BCUT2D eigenvalue weighted by Crippen LogP contribution is -2.24. The first-order chi connectivity index (χ1) is 5.97. The number of hydrogen-bond acceptors (Lipinski definition) is 2. The van der Waals surface area contributed by atoms with Crippen molar-refractivity contribution in [2.75, 3.05) is 5.75 Å². The minimum absolute atomic E-state index is 0.0548. The summed E-state index contributed by atoms with van der Waals surface area (Å²) in [6, 6.07) is 0. The van der Waals surface area contributed by atoms with Crippen LogP contribution in [0.1, 0.15) is 33.6 Å². The van der Waals surface area contributed by atoms with Crippen LogP contribution in [0.2, 0.25) is 0 Å². The molecule has 0 aromatic rings. The topological polar surface area (TPSA) is 57.5 Å². The predicted octanol–water partition coefficient (Wildman–Crippen LogP) is 1.64. The van der Waals surface area contributed by atoms with E-state index in [1.165, 1.54) is 0 Å². The van der Waals surface area contributed by atoms with Gasteiger partial charge in [0.25, 0.3) is 0 Å². The van der Waals surface area contributed by atoms with Crippen LogP contribution in [0.5, 0.6) is 0 Å². The molecule has 13 heavy (non-hydrogen) atoms. The average Bonchev–Trinajstić information content (AvgIpc) is 2.02. The molecule has 0 aliphatic carbocycles. The SMILES string of the molecule is CCC(C)CC(CS(=O)O)C(C)O. The van der Waals surface area contributed by atoms with Crippen LogP contribution < -0.4 is 0 Å². The standard InChI is InChI=1S/C9H20O3S/c1-4-7(2)5-9(8(3)10)6-13(11)12/h7-10H,4-6H2,1-3H3,(H,11,12). The Morgan fingerprint density at radius 2 is 1.92 bits per heavy atom. The lowest BCUT2D eigenvalue weighted by atomic mass is 9.92. The van der Waals surface area contributed by atoms with E-state index < -0.39 is 17.2 Å². The lowest BCUT2D eigenvalue weighted by Gasteiger charge is -2.21. The van der Waals surface area contributed by atoms with Crippen LogP contribution in [-0.4, -0.2) is 25.7 Å². The van der Waals surface area contributed by atoms with E-state index in [0.29, 0.717) is 5.92 Å². The first kappa shape index (κ1) is 13.1. The van der Waals surface area contributed by atoms with E-state index in [0.717, 1.165) is 12.8 Å². The molecule has 4 unspecified atom stereocenters. The summed E-state index contributed by atoms with van der Waals surface area (Å²) in [7, 11) is 0. The minimum Gasteiger partial charge on any atom is -0.393 e. The molecule has 80 valence electrons. The van der Waals surface area contributed by atoms with Crippen molar-refractivity contribution in [2.24, 2.45) is 11.8 Å². The third-order valence-corrected chi connectivity index (χ3v) is 3.15. The summed E-state index contributed by atoms with van der Waals surface area (Å²) in [5.41, 5.74) is 0. The van der Waals surface area contributed by atoms with Gasteiger partial charge in [-0.3, -0.25) is 0 Å². The Labute approximate surface area is 82.8 Å². The van der Waals surface area contributed by atoms with Gasteiger partial charge in [0.05, 0.1) is 11.9 Å². The second kappa shape index (κ2) is 6.51. The molecule has 0 bridgehead atoms. The third kappa shape index (κ3) is 6.18. The summed E-state index contributed by atoms with van der Waals surface area (Å²) >= 11 is -1.79. The highest BCUT2D eigenvalue weighted by atomic mass is 32.2. The Bertz CT molecular complexity index is 159. The smallest absolute Gasteiger partial charge is 0.153 e. The molecule has 0 radical (unpaired) electrons. The van der Waals surface area contributed by atoms with E-state index >= 15 is 0 Å². The second-order valence-electron chi connectivity index (χ2n) is 3.74. The van der Waals surface area contributed by atoms with Crippen molar-refractivity contribution < 1.29 is 13.9 Å². The first-order valence-corrected chi connectivity index (χ1v) is 6.00. The minimum atomic E-state index is -1.79. The molecule has 0 heterocycles. The molecule has 4 heteroatoms. The Kier molecular flexibility index (Phi) is 6.55. The molecule has 0 spiro atoms. The van der Waals surface area contributed by atoms with Gasteiger partial charge in [0.2, 0.25) is 0 Å².